The van der Waals surface area contributed by atoms with Gasteiger partial charge >= 0.3 is 0 Å². The number of aromatic nitrogens is 3. The van der Waals surface area contributed by atoms with Gasteiger partial charge in [-0.3, -0.25) is 4.79 Å². The lowest BCUT2D eigenvalue weighted by molar-refractivity contribution is -0.134. The molecule has 0 N–H and O–H groups in total. The second-order valence-corrected chi connectivity index (χ2v) is 9.41. The SMILES string of the molecule is CC(C)Cn1cnnc1C1CN(C(=O)C2CCCC2)CC12CCCCC2. The zero-order valence-electron chi connectivity index (χ0n) is 16.5. The molecule has 3 fully saturated rings. The van der Waals surface area contributed by atoms with Crippen LogP contribution >= 0.6 is 0 Å². The molecule has 1 aromatic rings. The molecule has 1 saturated heterocycles. The number of hydrogen-bond acceptors (Lipinski definition) is 3. The van der Waals surface area contributed by atoms with Crippen molar-refractivity contribution in [2.24, 2.45) is 17.3 Å². The van der Waals surface area contributed by atoms with E-state index in [1.54, 1.807) is 0 Å². The topological polar surface area (TPSA) is 51.0 Å². The number of nitrogens with zero attached hydrogens (tertiary/aromatic N) is 4. The molecule has 5 nitrogen and oxygen atoms in total. The summed E-state index contributed by atoms with van der Waals surface area (Å²) < 4.78 is 2.26. The summed E-state index contributed by atoms with van der Waals surface area (Å²) in [6.07, 6.45) is 12.9. The molecule has 1 unspecified atom stereocenters. The fourth-order valence-electron chi connectivity index (χ4n) is 5.75. The van der Waals surface area contributed by atoms with Gasteiger partial charge in [0.1, 0.15) is 12.2 Å². The summed E-state index contributed by atoms with van der Waals surface area (Å²) in [6.45, 7) is 7.24. The predicted octanol–water partition coefficient (Wildman–Crippen LogP) is 4.00. The van der Waals surface area contributed by atoms with Gasteiger partial charge < -0.3 is 9.47 Å². The first kappa shape index (κ1) is 18.0. The van der Waals surface area contributed by atoms with Gasteiger partial charge in [-0.25, -0.2) is 0 Å². The van der Waals surface area contributed by atoms with E-state index in [0.29, 0.717) is 17.7 Å². The van der Waals surface area contributed by atoms with Crippen molar-refractivity contribution in [1.82, 2.24) is 19.7 Å². The molecule has 26 heavy (non-hydrogen) atoms. The number of rotatable bonds is 4. The van der Waals surface area contributed by atoms with Crippen molar-refractivity contribution in [3.8, 4) is 0 Å². The minimum absolute atomic E-state index is 0.230. The summed E-state index contributed by atoms with van der Waals surface area (Å²) in [6, 6.07) is 0. The van der Waals surface area contributed by atoms with Gasteiger partial charge in [0.05, 0.1) is 0 Å². The molecule has 1 amide bonds. The molecule has 0 radical (unpaired) electrons. The minimum atomic E-state index is 0.230. The van der Waals surface area contributed by atoms with Crippen LogP contribution in [0, 0.1) is 17.3 Å². The van der Waals surface area contributed by atoms with Crippen molar-refractivity contribution in [3.05, 3.63) is 12.2 Å². The molecule has 1 aliphatic heterocycles. The van der Waals surface area contributed by atoms with Crippen LogP contribution in [-0.4, -0.2) is 38.7 Å². The van der Waals surface area contributed by atoms with Crippen molar-refractivity contribution in [1.29, 1.82) is 0 Å². The predicted molar refractivity (Wildman–Crippen MR) is 102 cm³/mol. The number of carbonyl (C=O) groups is 1. The molecular formula is C21H34N4O. The molecule has 4 rings (SSSR count). The standard InChI is InChI=1S/C21H34N4O/c1-16(2)12-25-15-22-23-19(25)18-13-24(20(26)17-8-4-5-9-17)14-21(18)10-6-3-7-11-21/h15-18H,3-14H2,1-2H3. The van der Waals surface area contributed by atoms with E-state index in [-0.39, 0.29) is 11.3 Å². The average Bonchev–Trinajstić information content (AvgIpc) is 3.35. The van der Waals surface area contributed by atoms with Gasteiger partial charge in [0.2, 0.25) is 5.91 Å². The normalized spacial score (nSPS) is 26.3. The third-order valence-corrected chi connectivity index (χ3v) is 7.03. The van der Waals surface area contributed by atoms with E-state index < -0.39 is 0 Å². The highest BCUT2D eigenvalue weighted by atomic mass is 16.2. The Bertz CT molecular complexity index is 626. The van der Waals surface area contributed by atoms with E-state index in [0.717, 1.165) is 38.3 Å². The molecule has 0 bridgehead atoms. The molecular weight excluding hydrogens is 324 g/mol. The highest BCUT2D eigenvalue weighted by Crippen LogP contribution is 2.52. The lowest BCUT2D eigenvalue weighted by Crippen LogP contribution is -2.36. The van der Waals surface area contributed by atoms with Crippen LogP contribution in [0.15, 0.2) is 6.33 Å². The largest absolute Gasteiger partial charge is 0.341 e. The molecule has 2 heterocycles. The molecule has 144 valence electrons. The molecule has 0 aromatic carbocycles. The van der Waals surface area contributed by atoms with E-state index in [9.17, 15) is 4.79 Å². The lowest BCUT2D eigenvalue weighted by atomic mass is 9.67. The summed E-state index contributed by atoms with van der Waals surface area (Å²) in [5.74, 6) is 2.76. The maximum atomic E-state index is 13.1. The van der Waals surface area contributed by atoms with Crippen molar-refractivity contribution < 1.29 is 4.79 Å². The zero-order valence-corrected chi connectivity index (χ0v) is 16.5. The van der Waals surface area contributed by atoms with Gasteiger partial charge in [-0.05, 0) is 37.0 Å². The first-order valence-electron chi connectivity index (χ1n) is 10.8. The maximum Gasteiger partial charge on any atom is 0.225 e. The van der Waals surface area contributed by atoms with Crippen LogP contribution in [0.5, 0.6) is 0 Å². The van der Waals surface area contributed by atoms with Crippen molar-refractivity contribution in [2.45, 2.75) is 84.1 Å². The van der Waals surface area contributed by atoms with Crippen LogP contribution in [-0.2, 0) is 11.3 Å². The van der Waals surface area contributed by atoms with Crippen LogP contribution < -0.4 is 0 Å². The Morgan fingerprint density at radius 3 is 2.62 bits per heavy atom. The molecule has 1 spiro atoms. The van der Waals surface area contributed by atoms with Crippen molar-refractivity contribution >= 4 is 5.91 Å². The van der Waals surface area contributed by atoms with E-state index in [1.165, 1.54) is 44.9 Å². The third-order valence-electron chi connectivity index (χ3n) is 7.03. The average molecular weight is 359 g/mol. The third kappa shape index (κ3) is 3.29. The Balaban J connectivity index is 1.60. The number of likely N-dealkylation sites (tertiary alicyclic amines) is 1. The summed E-state index contributed by atoms with van der Waals surface area (Å²) in [5.41, 5.74) is 0.230. The molecule has 5 heteroatoms. The Labute approximate surface area is 157 Å². The molecule has 3 aliphatic rings. The van der Waals surface area contributed by atoms with Crippen LogP contribution in [0.1, 0.15) is 83.4 Å². The molecule has 1 atom stereocenters. The second kappa shape index (κ2) is 7.32. The van der Waals surface area contributed by atoms with Gasteiger partial charge in [-0.2, -0.15) is 0 Å². The summed E-state index contributed by atoms with van der Waals surface area (Å²) >= 11 is 0. The first-order chi connectivity index (χ1) is 12.6. The first-order valence-corrected chi connectivity index (χ1v) is 10.8. The summed E-state index contributed by atoms with van der Waals surface area (Å²) in [5, 5.41) is 8.82. The number of carbonyl (C=O) groups excluding carboxylic acids is 1. The fourth-order valence-corrected chi connectivity index (χ4v) is 5.75. The van der Waals surface area contributed by atoms with Gasteiger partial charge in [0.15, 0.2) is 0 Å². The van der Waals surface area contributed by atoms with Gasteiger partial charge in [-0.15, -0.1) is 10.2 Å². The van der Waals surface area contributed by atoms with Gasteiger partial charge in [-0.1, -0.05) is 46.0 Å². The van der Waals surface area contributed by atoms with E-state index >= 15 is 0 Å². The van der Waals surface area contributed by atoms with Crippen LogP contribution in [0.25, 0.3) is 0 Å². The maximum absolute atomic E-state index is 13.1. The van der Waals surface area contributed by atoms with Crippen molar-refractivity contribution in [2.75, 3.05) is 13.1 Å². The molecule has 1 aromatic heterocycles. The van der Waals surface area contributed by atoms with Crippen LogP contribution in [0.2, 0.25) is 0 Å². The van der Waals surface area contributed by atoms with Gasteiger partial charge in [0.25, 0.3) is 0 Å². The van der Waals surface area contributed by atoms with E-state index in [2.05, 4.69) is 33.5 Å². The molecule has 2 saturated carbocycles. The zero-order chi connectivity index (χ0) is 18.1. The fraction of sp³-hybridized carbons (Fsp3) is 0.857. The second-order valence-electron chi connectivity index (χ2n) is 9.41. The Kier molecular flexibility index (Phi) is 5.07. The quantitative estimate of drug-likeness (QED) is 0.817. The minimum Gasteiger partial charge on any atom is -0.341 e. The monoisotopic (exact) mass is 358 g/mol. The van der Waals surface area contributed by atoms with Crippen LogP contribution in [0.4, 0.5) is 0 Å². The Morgan fingerprint density at radius 2 is 1.92 bits per heavy atom. The highest BCUT2D eigenvalue weighted by Gasteiger charge is 2.51. The lowest BCUT2D eigenvalue weighted by Gasteiger charge is -2.37. The van der Waals surface area contributed by atoms with Crippen molar-refractivity contribution in [3.63, 3.8) is 0 Å². The Morgan fingerprint density at radius 1 is 1.19 bits per heavy atom. The summed E-state index contributed by atoms with van der Waals surface area (Å²) in [4.78, 5) is 15.3. The highest BCUT2D eigenvalue weighted by molar-refractivity contribution is 5.79. The van der Waals surface area contributed by atoms with Gasteiger partial charge in [0, 0.05) is 31.5 Å². The van der Waals surface area contributed by atoms with E-state index in [1.807, 2.05) is 6.33 Å². The number of amides is 1. The van der Waals surface area contributed by atoms with Crippen LogP contribution in [0.3, 0.4) is 0 Å². The Hall–Kier alpha value is -1.39. The van der Waals surface area contributed by atoms with E-state index in [4.69, 9.17) is 0 Å². The smallest absolute Gasteiger partial charge is 0.225 e. The number of hydrogen-bond donors (Lipinski definition) is 0. The summed E-state index contributed by atoms with van der Waals surface area (Å²) in [7, 11) is 0. The molecule has 2 aliphatic carbocycles.